The molecule has 0 atom stereocenters. The summed E-state index contributed by atoms with van der Waals surface area (Å²) in [5, 5.41) is 2.75. The molecule has 0 unspecified atom stereocenters. The maximum Gasteiger partial charge on any atom is 0.231 e. The quantitative estimate of drug-likeness (QED) is 0.421. The molecular formula is C26H36O4P2. The van der Waals surface area contributed by atoms with E-state index in [4.69, 9.17) is 18.9 Å². The third-order valence-electron chi connectivity index (χ3n) is 6.07. The molecule has 0 spiro atoms. The Hall–Kier alpha value is -1.50. The van der Waals surface area contributed by atoms with Crippen LogP contribution in [0.3, 0.4) is 0 Å². The van der Waals surface area contributed by atoms with E-state index < -0.39 is 15.8 Å². The Morgan fingerprint density at radius 2 is 0.875 bits per heavy atom. The van der Waals surface area contributed by atoms with Crippen LogP contribution in [-0.2, 0) is 0 Å². The van der Waals surface area contributed by atoms with Crippen molar-refractivity contribution in [1.82, 2.24) is 0 Å². The van der Waals surface area contributed by atoms with Crippen LogP contribution in [0.1, 0.15) is 55.4 Å². The van der Waals surface area contributed by atoms with Crippen LogP contribution in [0.5, 0.6) is 23.0 Å². The molecule has 174 valence electrons. The average molecular weight is 475 g/mol. The van der Waals surface area contributed by atoms with Crippen LogP contribution in [0.25, 0.3) is 11.1 Å². The van der Waals surface area contributed by atoms with Gasteiger partial charge in [-0.3, -0.25) is 0 Å². The Bertz CT molecular complexity index is 889. The highest BCUT2D eigenvalue weighted by atomic mass is 31.1. The molecule has 2 aliphatic rings. The van der Waals surface area contributed by atoms with Crippen molar-refractivity contribution in [2.45, 2.75) is 78.0 Å². The molecule has 0 saturated heterocycles. The van der Waals surface area contributed by atoms with Gasteiger partial charge >= 0.3 is 0 Å². The first-order valence-corrected chi connectivity index (χ1v) is 14.6. The van der Waals surface area contributed by atoms with E-state index in [9.17, 15) is 0 Å². The van der Waals surface area contributed by atoms with E-state index in [1.807, 2.05) is 0 Å². The second-order valence-electron chi connectivity index (χ2n) is 9.58. The molecule has 4 rings (SSSR count). The summed E-state index contributed by atoms with van der Waals surface area (Å²) in [6.07, 6.45) is 0. The second kappa shape index (κ2) is 9.40. The molecule has 0 aromatic heterocycles. The Kier molecular flexibility index (Phi) is 6.94. The first kappa shape index (κ1) is 23.7. The Morgan fingerprint density at radius 1 is 0.531 bits per heavy atom. The van der Waals surface area contributed by atoms with Gasteiger partial charge < -0.3 is 18.9 Å². The molecule has 0 radical (unpaired) electrons. The van der Waals surface area contributed by atoms with Gasteiger partial charge in [0.15, 0.2) is 23.0 Å². The highest BCUT2D eigenvalue weighted by Crippen LogP contribution is 2.57. The van der Waals surface area contributed by atoms with Crippen LogP contribution < -0.4 is 29.6 Å². The summed E-state index contributed by atoms with van der Waals surface area (Å²) in [7, 11) is -0.837. The van der Waals surface area contributed by atoms with E-state index >= 15 is 0 Å². The molecule has 0 bridgehead atoms. The number of hydrogen-bond acceptors (Lipinski definition) is 4. The molecule has 2 aromatic carbocycles. The molecular weight excluding hydrogens is 438 g/mol. The van der Waals surface area contributed by atoms with E-state index in [2.05, 4.69) is 79.7 Å². The Morgan fingerprint density at radius 3 is 1.19 bits per heavy atom. The van der Waals surface area contributed by atoms with Gasteiger partial charge in [0.1, 0.15) is 0 Å². The van der Waals surface area contributed by atoms with Crippen LogP contribution in [0.2, 0.25) is 0 Å². The lowest BCUT2D eigenvalue weighted by molar-refractivity contribution is 0.173. The van der Waals surface area contributed by atoms with E-state index in [0.29, 0.717) is 22.6 Å². The maximum atomic E-state index is 6.15. The van der Waals surface area contributed by atoms with Crippen LogP contribution in [0.15, 0.2) is 24.3 Å². The molecule has 32 heavy (non-hydrogen) atoms. The zero-order valence-electron chi connectivity index (χ0n) is 20.6. The first-order chi connectivity index (χ1) is 15.2. The van der Waals surface area contributed by atoms with Gasteiger partial charge in [-0.2, -0.15) is 0 Å². The zero-order valence-corrected chi connectivity index (χ0v) is 22.3. The first-order valence-electron chi connectivity index (χ1n) is 11.6. The third kappa shape index (κ3) is 4.10. The van der Waals surface area contributed by atoms with Gasteiger partial charge in [0.2, 0.25) is 13.6 Å². The maximum absolute atomic E-state index is 6.15. The lowest BCUT2D eigenvalue weighted by atomic mass is 10.0. The monoisotopic (exact) mass is 474 g/mol. The molecule has 0 aliphatic carbocycles. The lowest BCUT2D eigenvalue weighted by Gasteiger charge is -2.32. The topological polar surface area (TPSA) is 36.9 Å². The van der Waals surface area contributed by atoms with Gasteiger partial charge in [-0.25, -0.2) is 0 Å². The molecule has 0 amide bonds. The van der Waals surface area contributed by atoms with Crippen molar-refractivity contribution in [3.05, 3.63) is 24.3 Å². The predicted molar refractivity (Wildman–Crippen MR) is 138 cm³/mol. The van der Waals surface area contributed by atoms with Crippen LogP contribution >= 0.6 is 15.8 Å². The fraction of sp³-hybridized carbons (Fsp3) is 0.538. The van der Waals surface area contributed by atoms with Gasteiger partial charge in [0.05, 0.1) is 0 Å². The summed E-state index contributed by atoms with van der Waals surface area (Å²) in [5.41, 5.74) is 4.55. The lowest BCUT2D eigenvalue weighted by Crippen LogP contribution is -2.22. The van der Waals surface area contributed by atoms with Gasteiger partial charge in [-0.05, 0) is 57.5 Å². The molecule has 0 N–H and O–H groups in total. The predicted octanol–water partition coefficient (Wildman–Crippen LogP) is 6.66. The fourth-order valence-electron chi connectivity index (χ4n) is 5.14. The summed E-state index contributed by atoms with van der Waals surface area (Å²) in [6.45, 7) is 19.2. The van der Waals surface area contributed by atoms with Gasteiger partial charge in [-0.15, -0.1) is 0 Å². The van der Waals surface area contributed by atoms with E-state index in [1.165, 1.54) is 21.7 Å². The summed E-state index contributed by atoms with van der Waals surface area (Å²) < 4.78 is 24.0. The molecule has 0 fully saturated rings. The van der Waals surface area contributed by atoms with Crippen molar-refractivity contribution in [1.29, 1.82) is 0 Å². The number of rotatable bonds is 7. The minimum Gasteiger partial charge on any atom is -0.454 e. The summed E-state index contributed by atoms with van der Waals surface area (Å²) >= 11 is 0. The molecule has 2 aliphatic heterocycles. The molecule has 2 heterocycles. The van der Waals surface area contributed by atoms with E-state index in [-0.39, 0.29) is 13.6 Å². The van der Waals surface area contributed by atoms with E-state index in [1.54, 1.807) is 0 Å². The number of hydrogen-bond donors (Lipinski definition) is 0. The highest BCUT2D eigenvalue weighted by molar-refractivity contribution is 7.68. The van der Waals surface area contributed by atoms with Crippen molar-refractivity contribution in [2.24, 2.45) is 0 Å². The van der Waals surface area contributed by atoms with Gasteiger partial charge in [0, 0.05) is 11.1 Å². The molecule has 4 nitrogen and oxygen atoms in total. The van der Waals surface area contributed by atoms with E-state index in [0.717, 1.165) is 23.0 Å². The van der Waals surface area contributed by atoms with Crippen LogP contribution in [0, 0.1) is 0 Å². The summed E-state index contributed by atoms with van der Waals surface area (Å²) in [4.78, 5) is 0. The molecule has 6 heteroatoms. The van der Waals surface area contributed by atoms with Crippen molar-refractivity contribution in [3.63, 3.8) is 0 Å². The smallest absolute Gasteiger partial charge is 0.231 e. The van der Waals surface area contributed by atoms with Crippen molar-refractivity contribution >= 4 is 26.5 Å². The minimum absolute atomic E-state index is 0.262. The summed E-state index contributed by atoms with van der Waals surface area (Å²) in [6, 6.07) is 8.74. The van der Waals surface area contributed by atoms with Crippen molar-refractivity contribution in [3.8, 4) is 34.1 Å². The third-order valence-corrected chi connectivity index (χ3v) is 12.4. The van der Waals surface area contributed by atoms with Gasteiger partial charge in [0.25, 0.3) is 0 Å². The molecule has 2 aromatic rings. The zero-order chi connectivity index (χ0) is 23.2. The standard InChI is InChI=1S/C26H36O4P2/c1-15(2)31(16(3)4)21-11-9-19-25(29-13-27-19)23(21)24-22(32(17(5)6)18(7)8)12-10-20-26(24)30-14-28-20/h9-12,15-18H,13-14H2,1-8H3. The highest BCUT2D eigenvalue weighted by Gasteiger charge is 2.35. The van der Waals surface area contributed by atoms with Crippen molar-refractivity contribution in [2.75, 3.05) is 13.6 Å². The van der Waals surface area contributed by atoms with Crippen LogP contribution in [0.4, 0.5) is 0 Å². The number of benzene rings is 2. The SMILES string of the molecule is CC(C)P(c1ccc2c(c1-c1c(P(C(C)C)C(C)C)ccc3c1OCO3)OCO2)C(C)C. The van der Waals surface area contributed by atoms with Crippen molar-refractivity contribution < 1.29 is 18.9 Å². The summed E-state index contributed by atoms with van der Waals surface area (Å²) in [5.74, 6) is 3.38. The number of ether oxygens (including phenoxy) is 4. The average Bonchev–Trinajstić information content (AvgIpc) is 3.36. The molecule has 0 saturated carbocycles. The Labute approximate surface area is 195 Å². The fourth-order valence-corrected chi connectivity index (χ4v) is 11.2. The van der Waals surface area contributed by atoms with Gasteiger partial charge in [-0.1, -0.05) is 71.2 Å². The van der Waals surface area contributed by atoms with Crippen LogP contribution in [-0.4, -0.2) is 36.2 Å². The Balaban J connectivity index is 2.08. The number of fused-ring (bicyclic) bond motifs is 2. The minimum atomic E-state index is -0.418. The second-order valence-corrected chi connectivity index (χ2v) is 16.3. The normalized spacial score (nSPS) is 14.8. The largest absolute Gasteiger partial charge is 0.454 e.